The monoisotopic (exact) mass is 298 g/mol. The maximum Gasteiger partial charge on any atom is 0.309 e. The fourth-order valence-electron chi connectivity index (χ4n) is 1.41. The van der Waals surface area contributed by atoms with Gasteiger partial charge in [0.15, 0.2) is 0 Å². The molecule has 0 spiro atoms. The molecule has 1 aromatic heterocycles. The van der Waals surface area contributed by atoms with E-state index in [9.17, 15) is 9.18 Å². The van der Waals surface area contributed by atoms with Gasteiger partial charge in [-0.05, 0) is 28.1 Å². The zero-order chi connectivity index (χ0) is 12.4. The Morgan fingerprint density at radius 3 is 2.82 bits per heavy atom. The molecule has 0 saturated heterocycles. The van der Waals surface area contributed by atoms with Crippen molar-refractivity contribution in [3.63, 3.8) is 0 Å². The molecule has 2 aromatic rings. The summed E-state index contributed by atoms with van der Waals surface area (Å²) in [6, 6.07) is 6.15. The van der Waals surface area contributed by atoms with Gasteiger partial charge in [0.05, 0.1) is 16.6 Å². The van der Waals surface area contributed by atoms with E-state index in [-0.39, 0.29) is 12.1 Å². The largest absolute Gasteiger partial charge is 0.481 e. The fraction of sp³-hybridized carbons (Fsp3) is 0.0909. The SMILES string of the molecule is O=C(O)Cc1nn(-c2ccccc2F)cc1Br. The lowest BCUT2D eigenvalue weighted by Gasteiger charge is -2.01. The molecule has 17 heavy (non-hydrogen) atoms. The van der Waals surface area contributed by atoms with Crippen molar-refractivity contribution < 1.29 is 14.3 Å². The molecule has 0 unspecified atom stereocenters. The number of para-hydroxylation sites is 1. The number of carboxylic acids is 1. The van der Waals surface area contributed by atoms with Crippen LogP contribution in [0.15, 0.2) is 34.9 Å². The van der Waals surface area contributed by atoms with Gasteiger partial charge in [0, 0.05) is 6.20 Å². The summed E-state index contributed by atoms with van der Waals surface area (Å²) >= 11 is 3.20. The van der Waals surface area contributed by atoms with Crippen LogP contribution in [0.4, 0.5) is 4.39 Å². The van der Waals surface area contributed by atoms with Gasteiger partial charge in [-0.15, -0.1) is 0 Å². The van der Waals surface area contributed by atoms with Crippen molar-refractivity contribution >= 4 is 21.9 Å². The van der Waals surface area contributed by atoms with Crippen molar-refractivity contribution in [1.29, 1.82) is 0 Å². The summed E-state index contributed by atoms with van der Waals surface area (Å²) in [6.45, 7) is 0. The Bertz CT molecular complexity index is 568. The molecule has 4 nitrogen and oxygen atoms in total. The molecule has 1 N–H and O–H groups in total. The number of benzene rings is 1. The highest BCUT2D eigenvalue weighted by molar-refractivity contribution is 9.10. The highest BCUT2D eigenvalue weighted by Gasteiger charge is 2.12. The van der Waals surface area contributed by atoms with Crippen LogP contribution in [0.1, 0.15) is 5.69 Å². The first-order valence-corrected chi connectivity index (χ1v) is 5.58. The molecule has 6 heteroatoms. The molecular weight excluding hydrogens is 291 g/mol. The molecule has 0 aliphatic rings. The number of hydrogen-bond acceptors (Lipinski definition) is 2. The highest BCUT2D eigenvalue weighted by atomic mass is 79.9. The van der Waals surface area contributed by atoms with E-state index in [1.54, 1.807) is 18.2 Å². The first-order valence-electron chi connectivity index (χ1n) is 4.78. The fourth-order valence-corrected chi connectivity index (χ4v) is 1.83. The van der Waals surface area contributed by atoms with Gasteiger partial charge in [-0.3, -0.25) is 4.79 Å². The van der Waals surface area contributed by atoms with Crippen LogP contribution in [0.2, 0.25) is 0 Å². The van der Waals surface area contributed by atoms with Crippen molar-refractivity contribution in [3.8, 4) is 5.69 Å². The van der Waals surface area contributed by atoms with E-state index in [2.05, 4.69) is 21.0 Å². The molecule has 0 saturated carbocycles. The number of hydrogen-bond donors (Lipinski definition) is 1. The van der Waals surface area contributed by atoms with Crippen molar-refractivity contribution in [3.05, 3.63) is 46.4 Å². The van der Waals surface area contributed by atoms with E-state index in [0.29, 0.717) is 10.2 Å². The lowest BCUT2D eigenvalue weighted by molar-refractivity contribution is -0.136. The van der Waals surface area contributed by atoms with Crippen LogP contribution in [-0.2, 0) is 11.2 Å². The predicted octanol–water partition coefficient (Wildman–Crippen LogP) is 2.40. The summed E-state index contributed by atoms with van der Waals surface area (Å²) in [4.78, 5) is 10.6. The number of halogens is 2. The van der Waals surface area contributed by atoms with Crippen molar-refractivity contribution in [2.24, 2.45) is 0 Å². The smallest absolute Gasteiger partial charge is 0.309 e. The van der Waals surface area contributed by atoms with Gasteiger partial charge in [-0.2, -0.15) is 5.10 Å². The third kappa shape index (κ3) is 2.52. The summed E-state index contributed by atoms with van der Waals surface area (Å²) in [5, 5.41) is 12.7. The Morgan fingerprint density at radius 2 is 2.18 bits per heavy atom. The Morgan fingerprint density at radius 1 is 1.47 bits per heavy atom. The summed E-state index contributed by atoms with van der Waals surface area (Å²) in [7, 11) is 0. The average Bonchev–Trinajstić information content (AvgIpc) is 2.60. The van der Waals surface area contributed by atoms with E-state index < -0.39 is 11.8 Å². The first kappa shape index (κ1) is 11.8. The minimum Gasteiger partial charge on any atom is -0.481 e. The Labute approximate surface area is 105 Å². The number of carbonyl (C=O) groups is 1. The lowest BCUT2D eigenvalue weighted by Crippen LogP contribution is -2.03. The quantitative estimate of drug-likeness (QED) is 0.947. The van der Waals surface area contributed by atoms with E-state index in [0.717, 1.165) is 0 Å². The second-order valence-electron chi connectivity index (χ2n) is 3.39. The van der Waals surface area contributed by atoms with Crippen LogP contribution in [-0.4, -0.2) is 20.9 Å². The number of aliphatic carboxylic acids is 1. The van der Waals surface area contributed by atoms with Crippen LogP contribution < -0.4 is 0 Å². The molecule has 2 rings (SSSR count). The van der Waals surface area contributed by atoms with Crippen molar-refractivity contribution in [1.82, 2.24) is 9.78 Å². The molecule has 0 atom stereocenters. The van der Waals surface area contributed by atoms with Crippen LogP contribution in [0.3, 0.4) is 0 Å². The minimum atomic E-state index is -0.982. The Kier molecular flexibility index (Phi) is 3.23. The minimum absolute atomic E-state index is 0.206. The third-order valence-electron chi connectivity index (χ3n) is 2.16. The number of carboxylic acid groups (broad SMARTS) is 1. The van der Waals surface area contributed by atoms with Crippen LogP contribution in [0, 0.1) is 5.82 Å². The van der Waals surface area contributed by atoms with Gasteiger partial charge in [-0.25, -0.2) is 9.07 Å². The van der Waals surface area contributed by atoms with E-state index in [1.165, 1.54) is 16.9 Å². The van der Waals surface area contributed by atoms with E-state index >= 15 is 0 Å². The van der Waals surface area contributed by atoms with Crippen molar-refractivity contribution in [2.75, 3.05) is 0 Å². The average molecular weight is 299 g/mol. The zero-order valence-corrected chi connectivity index (χ0v) is 10.2. The highest BCUT2D eigenvalue weighted by Crippen LogP contribution is 2.20. The lowest BCUT2D eigenvalue weighted by atomic mass is 10.3. The van der Waals surface area contributed by atoms with E-state index in [4.69, 9.17) is 5.11 Å². The summed E-state index contributed by atoms with van der Waals surface area (Å²) < 4.78 is 15.3. The summed E-state index contributed by atoms with van der Waals surface area (Å²) in [5.41, 5.74) is 0.644. The summed E-state index contributed by atoms with van der Waals surface area (Å²) in [5.74, 6) is -1.39. The molecule has 0 amide bonds. The normalized spacial score (nSPS) is 10.5. The zero-order valence-electron chi connectivity index (χ0n) is 8.60. The van der Waals surface area contributed by atoms with Gasteiger partial charge in [0.1, 0.15) is 11.5 Å². The van der Waals surface area contributed by atoms with Gasteiger partial charge in [0.25, 0.3) is 0 Å². The molecule has 0 bridgehead atoms. The van der Waals surface area contributed by atoms with Gasteiger partial charge < -0.3 is 5.11 Å². The second kappa shape index (κ2) is 4.67. The summed E-state index contributed by atoms with van der Waals surface area (Å²) in [6.07, 6.45) is 1.33. The van der Waals surface area contributed by atoms with Crippen LogP contribution >= 0.6 is 15.9 Å². The van der Waals surface area contributed by atoms with Gasteiger partial charge >= 0.3 is 5.97 Å². The number of rotatable bonds is 3. The first-order chi connectivity index (χ1) is 8.08. The standard InChI is InChI=1S/C11H8BrFN2O2/c12-7-6-15(14-9(7)5-11(16)17)10-4-2-1-3-8(10)13/h1-4,6H,5H2,(H,16,17). The molecule has 0 radical (unpaired) electrons. The maximum atomic E-state index is 13.5. The number of nitrogens with zero attached hydrogens (tertiary/aromatic N) is 2. The molecule has 1 aromatic carbocycles. The molecular formula is C11H8BrFN2O2. The van der Waals surface area contributed by atoms with E-state index in [1.807, 2.05) is 0 Å². The third-order valence-corrected chi connectivity index (χ3v) is 2.82. The van der Waals surface area contributed by atoms with Crippen LogP contribution in [0.5, 0.6) is 0 Å². The molecule has 1 heterocycles. The molecule has 0 aliphatic carbocycles. The second-order valence-corrected chi connectivity index (χ2v) is 4.24. The van der Waals surface area contributed by atoms with Gasteiger partial charge in [-0.1, -0.05) is 12.1 Å². The topological polar surface area (TPSA) is 55.1 Å². The van der Waals surface area contributed by atoms with Crippen molar-refractivity contribution in [2.45, 2.75) is 6.42 Å². The van der Waals surface area contributed by atoms with Crippen LogP contribution in [0.25, 0.3) is 5.69 Å². The molecule has 0 aliphatic heterocycles. The predicted molar refractivity (Wildman–Crippen MR) is 62.6 cm³/mol. The molecule has 0 fully saturated rings. The maximum absolute atomic E-state index is 13.5. The Balaban J connectivity index is 2.41. The molecule has 88 valence electrons. The number of aromatic nitrogens is 2. The Hall–Kier alpha value is -1.69. The van der Waals surface area contributed by atoms with Gasteiger partial charge in [0.2, 0.25) is 0 Å².